The lowest BCUT2D eigenvalue weighted by molar-refractivity contribution is -0.373. The molecule has 0 aromatic carbocycles. The van der Waals surface area contributed by atoms with E-state index in [1.807, 2.05) is 0 Å². The van der Waals surface area contributed by atoms with Crippen LogP contribution in [-0.2, 0) is 4.79 Å². The Kier molecular flexibility index (Phi) is 1.06. The molecule has 3 nitrogen and oxygen atoms in total. The Hall–Kier alpha value is -1.64. The van der Waals surface area contributed by atoms with E-state index in [0.717, 1.165) is 4.74 Å². The maximum atomic E-state index is 10.9. The van der Waals surface area contributed by atoms with Crippen LogP contribution in [0.4, 0.5) is 0 Å². The minimum absolute atomic E-state index is 0.0660. The maximum absolute atomic E-state index is 10.9. The molecule has 0 saturated heterocycles. The van der Waals surface area contributed by atoms with Gasteiger partial charge in [-0.05, 0) is 12.2 Å². The van der Waals surface area contributed by atoms with E-state index in [0.29, 0.717) is 11.3 Å². The van der Waals surface area contributed by atoms with Crippen LogP contribution in [0.2, 0.25) is 0 Å². The molecule has 3 heteroatoms. The Morgan fingerprint density at radius 1 is 1.27 bits per heavy atom. The molecule has 0 radical (unpaired) electrons. The fraction of sp³-hybridized carbons (Fsp3) is 0. The Morgan fingerprint density at radius 3 is 2.91 bits per heavy atom. The summed E-state index contributed by atoms with van der Waals surface area (Å²) in [6, 6.07) is 0. The molecule has 0 amide bonds. The van der Waals surface area contributed by atoms with Gasteiger partial charge in [0.25, 0.3) is 0 Å². The Labute approximate surface area is 63.2 Å². The predicted octanol–water partition coefficient (Wildman–Crippen LogP) is 0.530. The molecule has 2 rings (SSSR count). The van der Waals surface area contributed by atoms with Gasteiger partial charge in [-0.25, -0.2) is 0 Å². The molecule has 0 atom stereocenters. The first-order chi connectivity index (χ1) is 5.27. The second-order valence-corrected chi connectivity index (χ2v) is 2.36. The summed E-state index contributed by atoms with van der Waals surface area (Å²) in [7, 11) is 0. The van der Waals surface area contributed by atoms with Gasteiger partial charge in [0.1, 0.15) is 0 Å². The van der Waals surface area contributed by atoms with E-state index in [4.69, 9.17) is 0 Å². The summed E-state index contributed by atoms with van der Waals surface area (Å²) in [5.74, 6) is -0.0660. The second kappa shape index (κ2) is 1.92. The Bertz CT molecular complexity index is 345. The molecule has 0 fully saturated rings. The third-order valence-electron chi connectivity index (χ3n) is 1.63. The van der Waals surface area contributed by atoms with Crippen molar-refractivity contribution >= 4 is 11.5 Å². The molecule has 1 aliphatic carbocycles. The SMILES string of the molecule is O=C1C=CC2=[N+]([O-])C=CC2=C1. The van der Waals surface area contributed by atoms with Crippen molar-refractivity contribution in [2.75, 3.05) is 0 Å². The van der Waals surface area contributed by atoms with Crippen LogP contribution < -0.4 is 0 Å². The highest BCUT2D eigenvalue weighted by Gasteiger charge is 2.20. The number of fused-ring (bicyclic) bond motifs is 1. The first kappa shape index (κ1) is 6.09. The number of carbonyl (C=O) groups is 1. The molecule has 0 saturated carbocycles. The summed E-state index contributed by atoms with van der Waals surface area (Å²) in [6.45, 7) is 0. The van der Waals surface area contributed by atoms with Crippen LogP contribution in [0.3, 0.4) is 0 Å². The van der Waals surface area contributed by atoms with E-state index in [1.54, 1.807) is 6.08 Å². The van der Waals surface area contributed by atoms with Gasteiger partial charge < -0.3 is 5.21 Å². The highest BCUT2D eigenvalue weighted by atomic mass is 16.5. The maximum Gasteiger partial charge on any atom is 0.224 e. The summed E-state index contributed by atoms with van der Waals surface area (Å²) in [4.78, 5) is 10.8. The third kappa shape index (κ3) is 0.816. The number of ketones is 1. The van der Waals surface area contributed by atoms with Crippen molar-refractivity contribution < 1.29 is 9.53 Å². The lowest BCUT2D eigenvalue weighted by atomic mass is 10.0. The molecule has 54 valence electrons. The molecule has 0 aromatic rings. The van der Waals surface area contributed by atoms with E-state index in [1.165, 1.54) is 24.4 Å². The molecule has 0 N–H and O–H groups in total. The van der Waals surface area contributed by atoms with Gasteiger partial charge in [0, 0.05) is 12.2 Å². The van der Waals surface area contributed by atoms with Gasteiger partial charge in [0.05, 0.1) is 5.57 Å². The summed E-state index contributed by atoms with van der Waals surface area (Å²) >= 11 is 0. The van der Waals surface area contributed by atoms with E-state index in [2.05, 4.69) is 0 Å². The molecule has 0 aromatic heterocycles. The van der Waals surface area contributed by atoms with Crippen LogP contribution in [-0.4, -0.2) is 16.2 Å². The Balaban J connectivity index is 2.55. The molecule has 0 spiro atoms. The monoisotopic (exact) mass is 147 g/mol. The number of carbonyl (C=O) groups excluding carboxylic acids is 1. The van der Waals surface area contributed by atoms with E-state index >= 15 is 0 Å². The minimum atomic E-state index is -0.0660. The first-order valence-electron chi connectivity index (χ1n) is 3.23. The van der Waals surface area contributed by atoms with Gasteiger partial charge in [-0.3, -0.25) is 4.79 Å². The Morgan fingerprint density at radius 2 is 2.09 bits per heavy atom. The smallest absolute Gasteiger partial charge is 0.224 e. The van der Waals surface area contributed by atoms with Crippen molar-refractivity contribution in [3.05, 3.63) is 41.3 Å². The van der Waals surface area contributed by atoms with Gasteiger partial charge >= 0.3 is 0 Å². The fourth-order valence-corrected chi connectivity index (χ4v) is 1.10. The molecule has 2 aliphatic rings. The van der Waals surface area contributed by atoms with Gasteiger partial charge in [-0.15, -0.1) is 0 Å². The van der Waals surface area contributed by atoms with Crippen molar-refractivity contribution in [2.24, 2.45) is 0 Å². The number of hydrogen-bond acceptors (Lipinski definition) is 2. The normalized spacial score (nSPS) is 20.7. The number of rotatable bonds is 0. The van der Waals surface area contributed by atoms with Crippen molar-refractivity contribution in [1.29, 1.82) is 0 Å². The molecular weight excluding hydrogens is 142 g/mol. The van der Waals surface area contributed by atoms with E-state index < -0.39 is 0 Å². The van der Waals surface area contributed by atoms with Crippen molar-refractivity contribution in [2.45, 2.75) is 0 Å². The van der Waals surface area contributed by atoms with Gasteiger partial charge in [0.15, 0.2) is 12.0 Å². The predicted molar refractivity (Wildman–Crippen MR) is 40.0 cm³/mol. The minimum Gasteiger partial charge on any atom is -0.618 e. The lowest BCUT2D eigenvalue weighted by Gasteiger charge is -1.99. The zero-order valence-electron chi connectivity index (χ0n) is 5.65. The highest BCUT2D eigenvalue weighted by Crippen LogP contribution is 2.13. The fourth-order valence-electron chi connectivity index (χ4n) is 1.10. The number of nitrogens with zero attached hydrogens (tertiary/aromatic N) is 1. The van der Waals surface area contributed by atoms with Gasteiger partial charge in [0.2, 0.25) is 5.71 Å². The molecular formula is C8H5NO2. The van der Waals surface area contributed by atoms with Crippen LogP contribution in [0.25, 0.3) is 0 Å². The molecule has 0 bridgehead atoms. The number of allylic oxidation sites excluding steroid dienone is 5. The molecule has 1 heterocycles. The summed E-state index contributed by atoms with van der Waals surface area (Å²) in [6.07, 6.45) is 7.39. The van der Waals surface area contributed by atoms with Crippen LogP contribution >= 0.6 is 0 Å². The van der Waals surface area contributed by atoms with Crippen LogP contribution in [0, 0.1) is 5.21 Å². The second-order valence-electron chi connectivity index (χ2n) is 2.36. The average Bonchev–Trinajstić information content (AvgIpc) is 2.32. The number of hydroxylamine groups is 1. The molecule has 1 aliphatic heterocycles. The molecule has 0 unspecified atom stereocenters. The lowest BCUT2D eigenvalue weighted by Crippen LogP contribution is -2.09. The first-order valence-corrected chi connectivity index (χ1v) is 3.23. The van der Waals surface area contributed by atoms with Crippen LogP contribution in [0.5, 0.6) is 0 Å². The quantitative estimate of drug-likeness (QED) is 0.285. The van der Waals surface area contributed by atoms with Crippen LogP contribution in [0.15, 0.2) is 36.1 Å². The highest BCUT2D eigenvalue weighted by molar-refractivity contribution is 6.19. The van der Waals surface area contributed by atoms with Crippen LogP contribution in [0.1, 0.15) is 0 Å². The summed E-state index contributed by atoms with van der Waals surface area (Å²) < 4.78 is 0.745. The summed E-state index contributed by atoms with van der Waals surface area (Å²) in [5.41, 5.74) is 1.25. The van der Waals surface area contributed by atoms with Crippen molar-refractivity contribution in [1.82, 2.24) is 0 Å². The zero-order valence-corrected chi connectivity index (χ0v) is 5.65. The van der Waals surface area contributed by atoms with Crippen molar-refractivity contribution in [3.63, 3.8) is 0 Å². The van der Waals surface area contributed by atoms with E-state index in [-0.39, 0.29) is 5.78 Å². The van der Waals surface area contributed by atoms with E-state index in [9.17, 15) is 10.0 Å². The average molecular weight is 147 g/mol. The van der Waals surface area contributed by atoms with Gasteiger partial charge in [-0.2, -0.15) is 4.74 Å². The topological polar surface area (TPSA) is 43.1 Å². The summed E-state index contributed by atoms with van der Waals surface area (Å²) in [5, 5.41) is 10.9. The number of hydrogen-bond donors (Lipinski definition) is 0. The van der Waals surface area contributed by atoms with Crippen molar-refractivity contribution in [3.8, 4) is 0 Å². The zero-order chi connectivity index (χ0) is 7.84. The third-order valence-corrected chi connectivity index (χ3v) is 1.63. The molecule has 11 heavy (non-hydrogen) atoms. The van der Waals surface area contributed by atoms with Gasteiger partial charge in [-0.1, -0.05) is 0 Å². The largest absolute Gasteiger partial charge is 0.618 e. The standard InChI is InChI=1S/C8H5NO2/c10-7-1-2-8-6(5-7)3-4-9(8)11/h1-5H.